The number of carbonyl (C=O) groups excluding carboxylic acids is 3. The van der Waals surface area contributed by atoms with E-state index in [2.05, 4.69) is 15.6 Å². The van der Waals surface area contributed by atoms with Crippen molar-refractivity contribution in [1.82, 2.24) is 15.5 Å². The van der Waals surface area contributed by atoms with Gasteiger partial charge in [0.15, 0.2) is 0 Å². The topological polar surface area (TPSA) is 128 Å². The summed E-state index contributed by atoms with van der Waals surface area (Å²) < 4.78 is 21.5. The summed E-state index contributed by atoms with van der Waals surface area (Å²) in [5, 5.41) is 5.35. The number of esters is 1. The van der Waals surface area contributed by atoms with Crippen molar-refractivity contribution in [1.29, 1.82) is 0 Å². The van der Waals surface area contributed by atoms with Gasteiger partial charge in [-0.1, -0.05) is 30.3 Å². The molecule has 0 aromatic heterocycles. The highest BCUT2D eigenvalue weighted by molar-refractivity contribution is 5.94. The molecule has 1 aliphatic rings. The molecule has 0 unspecified atom stereocenters. The summed E-state index contributed by atoms with van der Waals surface area (Å²) in [7, 11) is 0. The summed E-state index contributed by atoms with van der Waals surface area (Å²) >= 11 is 0. The van der Waals surface area contributed by atoms with Crippen LogP contribution in [0.15, 0.2) is 35.3 Å². The van der Waals surface area contributed by atoms with Gasteiger partial charge < -0.3 is 29.2 Å². The highest BCUT2D eigenvalue weighted by Gasteiger charge is 2.28. The first kappa shape index (κ1) is 30.9. The monoisotopic (exact) mass is 534 g/mol. The molecule has 0 radical (unpaired) electrons. The average Bonchev–Trinajstić information content (AvgIpc) is 2.82. The number of guanidine groups is 1. The number of benzene rings is 1. The minimum atomic E-state index is -0.907. The van der Waals surface area contributed by atoms with Gasteiger partial charge in [0.2, 0.25) is 5.96 Å². The molecule has 11 nitrogen and oxygen atoms in total. The van der Waals surface area contributed by atoms with Crippen LogP contribution in [0.2, 0.25) is 0 Å². The molecule has 11 heteroatoms. The fourth-order valence-electron chi connectivity index (χ4n) is 3.40. The van der Waals surface area contributed by atoms with E-state index >= 15 is 0 Å². The van der Waals surface area contributed by atoms with E-state index in [1.807, 2.05) is 35.2 Å². The number of alkyl carbamates (subject to hydrolysis) is 2. The number of nitrogens with zero attached hydrogens (tertiary/aromatic N) is 2. The molecule has 0 saturated carbocycles. The van der Waals surface area contributed by atoms with Crippen LogP contribution in [0, 0.1) is 0 Å². The van der Waals surface area contributed by atoms with Gasteiger partial charge in [-0.25, -0.2) is 14.4 Å². The molecule has 1 aromatic carbocycles. The number of carbonyl (C=O) groups is 3. The molecular weight excluding hydrogens is 492 g/mol. The van der Waals surface area contributed by atoms with Gasteiger partial charge >= 0.3 is 18.2 Å². The summed E-state index contributed by atoms with van der Waals surface area (Å²) in [6.45, 7) is 13.1. The molecule has 2 rings (SSSR count). The van der Waals surface area contributed by atoms with Gasteiger partial charge in [0.25, 0.3) is 0 Å². The van der Waals surface area contributed by atoms with Crippen molar-refractivity contribution in [2.75, 3.05) is 32.8 Å². The van der Waals surface area contributed by atoms with Crippen molar-refractivity contribution >= 4 is 24.1 Å². The number of morpholine rings is 1. The number of rotatable bonds is 8. The third kappa shape index (κ3) is 12.8. The number of nitrogens with one attached hydrogen (secondary N) is 2. The van der Waals surface area contributed by atoms with Crippen LogP contribution < -0.4 is 10.6 Å². The SMILES string of the molecule is CC(C)(C)OC(=O)N[C@@H](CCCN=C(NC(=O)OCc1ccccc1)N1CCOCC1)C(=O)OC(C)(C)C. The summed E-state index contributed by atoms with van der Waals surface area (Å²) in [6.07, 6.45) is -0.605. The first-order valence-electron chi connectivity index (χ1n) is 12.9. The second kappa shape index (κ2) is 14.6. The highest BCUT2D eigenvalue weighted by Crippen LogP contribution is 2.13. The molecule has 1 atom stereocenters. The Kier molecular flexibility index (Phi) is 11.8. The fraction of sp³-hybridized carbons (Fsp3) is 0.630. The lowest BCUT2D eigenvalue weighted by molar-refractivity contribution is -0.157. The third-order valence-electron chi connectivity index (χ3n) is 5.03. The van der Waals surface area contributed by atoms with Crippen LogP contribution in [0.5, 0.6) is 0 Å². The molecule has 1 fully saturated rings. The van der Waals surface area contributed by atoms with Crippen molar-refractivity contribution in [2.24, 2.45) is 4.99 Å². The van der Waals surface area contributed by atoms with Gasteiger partial charge in [-0.3, -0.25) is 10.3 Å². The van der Waals surface area contributed by atoms with Gasteiger partial charge in [-0.2, -0.15) is 0 Å². The Bertz CT molecular complexity index is 933. The van der Waals surface area contributed by atoms with E-state index in [4.69, 9.17) is 18.9 Å². The largest absolute Gasteiger partial charge is 0.458 e. The van der Waals surface area contributed by atoms with E-state index in [9.17, 15) is 14.4 Å². The smallest absolute Gasteiger partial charge is 0.414 e. The number of hydrogen-bond acceptors (Lipinski definition) is 8. The third-order valence-corrected chi connectivity index (χ3v) is 5.03. The summed E-state index contributed by atoms with van der Waals surface area (Å²) in [5.74, 6) is -0.177. The lowest BCUT2D eigenvalue weighted by atomic mass is 10.1. The molecule has 1 aromatic rings. The molecule has 38 heavy (non-hydrogen) atoms. The molecule has 2 amide bonds. The Morgan fingerprint density at radius 1 is 0.974 bits per heavy atom. The first-order valence-corrected chi connectivity index (χ1v) is 12.9. The Hall–Kier alpha value is -3.34. The maximum absolute atomic E-state index is 12.7. The molecule has 2 N–H and O–H groups in total. The van der Waals surface area contributed by atoms with Crippen LogP contribution in [0.25, 0.3) is 0 Å². The van der Waals surface area contributed by atoms with E-state index in [1.54, 1.807) is 41.5 Å². The van der Waals surface area contributed by atoms with Crippen molar-refractivity contribution in [2.45, 2.75) is 78.2 Å². The van der Waals surface area contributed by atoms with Gasteiger partial charge in [-0.15, -0.1) is 0 Å². The zero-order valence-electron chi connectivity index (χ0n) is 23.4. The molecule has 212 valence electrons. The van der Waals surface area contributed by atoms with Gasteiger partial charge in [-0.05, 0) is 59.9 Å². The molecule has 0 spiro atoms. The highest BCUT2D eigenvalue weighted by atomic mass is 16.6. The molecule has 1 heterocycles. The van der Waals surface area contributed by atoms with Crippen molar-refractivity contribution < 1.29 is 33.3 Å². The number of hydrogen-bond donors (Lipinski definition) is 2. The Labute approximate surface area is 225 Å². The van der Waals surface area contributed by atoms with E-state index in [-0.39, 0.29) is 13.0 Å². The predicted molar refractivity (Wildman–Crippen MR) is 143 cm³/mol. The Balaban J connectivity index is 2.00. The molecule has 0 bridgehead atoms. The Morgan fingerprint density at radius 2 is 1.61 bits per heavy atom. The van der Waals surface area contributed by atoms with Gasteiger partial charge in [0.05, 0.1) is 13.2 Å². The van der Waals surface area contributed by atoms with Crippen molar-refractivity contribution in [3.63, 3.8) is 0 Å². The number of amides is 2. The minimum Gasteiger partial charge on any atom is -0.458 e. The van der Waals surface area contributed by atoms with E-state index in [0.29, 0.717) is 45.2 Å². The first-order chi connectivity index (χ1) is 17.8. The van der Waals surface area contributed by atoms with Crippen LogP contribution in [-0.4, -0.2) is 79.1 Å². The average molecular weight is 535 g/mol. The van der Waals surface area contributed by atoms with Crippen LogP contribution in [0.1, 0.15) is 59.9 Å². The lowest BCUT2D eigenvalue weighted by Gasteiger charge is -2.29. The maximum atomic E-state index is 12.7. The van der Waals surface area contributed by atoms with Gasteiger partial charge in [0, 0.05) is 19.6 Å². The predicted octanol–water partition coefficient (Wildman–Crippen LogP) is 3.62. The summed E-state index contributed by atoms with van der Waals surface area (Å²) in [6, 6.07) is 8.48. The molecule has 1 aliphatic heterocycles. The number of aliphatic imine (C=N–C) groups is 1. The number of ether oxygens (including phenoxy) is 4. The zero-order chi connectivity index (χ0) is 28.2. The van der Waals surface area contributed by atoms with Crippen LogP contribution in [0.3, 0.4) is 0 Å². The van der Waals surface area contributed by atoms with E-state index in [1.165, 1.54) is 0 Å². The fourth-order valence-corrected chi connectivity index (χ4v) is 3.40. The molecule has 0 aliphatic carbocycles. The van der Waals surface area contributed by atoms with Gasteiger partial charge in [0.1, 0.15) is 23.9 Å². The van der Waals surface area contributed by atoms with Crippen LogP contribution >= 0.6 is 0 Å². The normalized spacial score (nSPS) is 15.3. The molecule has 1 saturated heterocycles. The van der Waals surface area contributed by atoms with Crippen molar-refractivity contribution in [3.05, 3.63) is 35.9 Å². The second-order valence-electron chi connectivity index (χ2n) is 10.9. The standard InChI is InChI=1S/C27H42N4O7/c1-26(2,3)37-22(32)21(29-25(34)38-27(4,5)6)13-10-14-28-23(31-15-17-35-18-16-31)30-24(33)36-19-20-11-8-7-9-12-20/h7-9,11-12,21H,10,13-19H2,1-6H3,(H,29,34)(H,28,30,33)/t21-/m0/s1. The maximum Gasteiger partial charge on any atom is 0.414 e. The summed E-state index contributed by atoms with van der Waals surface area (Å²) in [5.41, 5.74) is -0.546. The Morgan fingerprint density at radius 3 is 2.21 bits per heavy atom. The second-order valence-corrected chi connectivity index (χ2v) is 10.9. The molecular formula is C27H42N4O7. The van der Waals surface area contributed by atoms with Crippen LogP contribution in [-0.2, 0) is 30.3 Å². The zero-order valence-corrected chi connectivity index (χ0v) is 23.4. The summed E-state index contributed by atoms with van der Waals surface area (Å²) in [4.78, 5) is 44.0. The lowest BCUT2D eigenvalue weighted by Crippen LogP contribution is -2.49. The minimum absolute atomic E-state index is 0.136. The quantitative estimate of drug-likeness (QED) is 0.170. The van der Waals surface area contributed by atoms with Crippen molar-refractivity contribution in [3.8, 4) is 0 Å². The van der Waals surface area contributed by atoms with E-state index in [0.717, 1.165) is 5.56 Å². The van der Waals surface area contributed by atoms with E-state index < -0.39 is 35.4 Å². The van der Waals surface area contributed by atoms with Crippen LogP contribution in [0.4, 0.5) is 9.59 Å².